The molecule has 2 aliphatic heterocycles. The molecular formula is C17H17NO7. The van der Waals surface area contributed by atoms with Crippen molar-refractivity contribution in [1.82, 2.24) is 4.90 Å². The Morgan fingerprint density at radius 2 is 1.96 bits per heavy atom. The molecule has 0 aliphatic carbocycles. The molecule has 2 saturated heterocycles. The first kappa shape index (κ1) is 16.8. The summed E-state index contributed by atoms with van der Waals surface area (Å²) in [7, 11) is 0. The van der Waals surface area contributed by atoms with Crippen LogP contribution in [-0.2, 0) is 25.5 Å². The Kier molecular flexibility index (Phi) is 4.60. The number of carboxylic acid groups (broad SMARTS) is 2. The van der Waals surface area contributed by atoms with Gasteiger partial charge >= 0.3 is 12.1 Å². The molecule has 2 aliphatic rings. The van der Waals surface area contributed by atoms with E-state index in [0.717, 1.165) is 10.5 Å². The molecule has 1 aromatic rings. The van der Waals surface area contributed by atoms with Crippen molar-refractivity contribution in [1.29, 1.82) is 0 Å². The zero-order valence-electron chi connectivity index (χ0n) is 13.3. The summed E-state index contributed by atoms with van der Waals surface area (Å²) in [5.74, 6) is -1.64. The number of hydrogen-bond donors (Lipinski definition) is 2. The minimum atomic E-state index is -1.60. The van der Waals surface area contributed by atoms with Crippen LogP contribution in [0.2, 0.25) is 0 Å². The molecule has 2 heterocycles. The maximum atomic E-state index is 11.6. The van der Waals surface area contributed by atoms with Crippen LogP contribution in [0.15, 0.2) is 41.7 Å². The van der Waals surface area contributed by atoms with Gasteiger partial charge in [-0.1, -0.05) is 30.3 Å². The Morgan fingerprint density at radius 3 is 2.56 bits per heavy atom. The lowest BCUT2D eigenvalue weighted by atomic mass is 10.0. The predicted octanol–water partition coefficient (Wildman–Crippen LogP) is 1.96. The summed E-state index contributed by atoms with van der Waals surface area (Å²) in [6.07, 6.45) is -2.12. The third-order valence-electron chi connectivity index (χ3n) is 4.19. The van der Waals surface area contributed by atoms with Crippen LogP contribution in [0.5, 0.6) is 0 Å². The van der Waals surface area contributed by atoms with Crippen LogP contribution in [0, 0.1) is 0 Å². The quantitative estimate of drug-likeness (QED) is 0.459. The zero-order valence-corrected chi connectivity index (χ0v) is 13.3. The number of aryl methyl sites for hydroxylation is 1. The van der Waals surface area contributed by atoms with Gasteiger partial charge in [-0.2, -0.15) is 0 Å². The van der Waals surface area contributed by atoms with Crippen molar-refractivity contribution < 1.29 is 34.1 Å². The molecule has 0 aromatic heterocycles. The van der Waals surface area contributed by atoms with E-state index in [2.05, 4.69) is 0 Å². The second kappa shape index (κ2) is 6.84. The van der Waals surface area contributed by atoms with Crippen LogP contribution >= 0.6 is 0 Å². The number of fused-ring (bicyclic) bond motifs is 1. The minimum Gasteiger partial charge on any atom is -0.478 e. The third kappa shape index (κ3) is 3.42. The highest BCUT2D eigenvalue weighted by atomic mass is 16.7. The smallest absolute Gasteiger partial charge is 0.478 e. The Morgan fingerprint density at radius 1 is 1.24 bits per heavy atom. The number of carbonyl (C=O) groups excluding carboxylic acids is 1. The van der Waals surface area contributed by atoms with Crippen molar-refractivity contribution in [3.63, 3.8) is 0 Å². The first-order valence-corrected chi connectivity index (χ1v) is 7.85. The van der Waals surface area contributed by atoms with E-state index in [1.807, 2.05) is 30.3 Å². The molecule has 0 radical (unpaired) electrons. The normalized spacial score (nSPS) is 23.4. The number of amides is 1. The van der Waals surface area contributed by atoms with Gasteiger partial charge in [0.05, 0.1) is 12.0 Å². The highest BCUT2D eigenvalue weighted by Crippen LogP contribution is 2.39. The van der Waals surface area contributed by atoms with Gasteiger partial charge in [0.25, 0.3) is 0 Å². The van der Waals surface area contributed by atoms with Crippen molar-refractivity contribution in [2.75, 3.05) is 0 Å². The molecule has 2 atom stereocenters. The lowest BCUT2D eigenvalue weighted by Gasteiger charge is -2.33. The molecule has 2 N–H and O–H groups in total. The summed E-state index contributed by atoms with van der Waals surface area (Å²) in [5, 5.41) is 18.4. The van der Waals surface area contributed by atoms with Crippen LogP contribution in [0.4, 0.5) is 4.79 Å². The molecule has 132 valence electrons. The van der Waals surface area contributed by atoms with Gasteiger partial charge in [0.15, 0.2) is 12.0 Å². The van der Waals surface area contributed by atoms with Gasteiger partial charge in [-0.15, -0.1) is 0 Å². The number of nitrogens with zero attached hydrogens (tertiary/aromatic N) is 1. The molecule has 2 fully saturated rings. The first-order chi connectivity index (χ1) is 12.0. The van der Waals surface area contributed by atoms with E-state index in [0.29, 0.717) is 12.8 Å². The van der Waals surface area contributed by atoms with E-state index in [1.54, 1.807) is 0 Å². The lowest BCUT2D eigenvalue weighted by Crippen LogP contribution is -2.53. The van der Waals surface area contributed by atoms with Gasteiger partial charge in [-0.3, -0.25) is 9.69 Å². The molecule has 1 unspecified atom stereocenters. The predicted molar refractivity (Wildman–Crippen MR) is 83.3 cm³/mol. The van der Waals surface area contributed by atoms with E-state index in [9.17, 15) is 19.5 Å². The van der Waals surface area contributed by atoms with Crippen LogP contribution in [0.1, 0.15) is 24.8 Å². The first-order valence-electron chi connectivity index (χ1n) is 7.85. The number of ether oxygens (including phenoxy) is 2. The highest BCUT2D eigenvalue weighted by molar-refractivity contribution is 5.89. The maximum Gasteiger partial charge on any atom is 0.508 e. The Bertz CT molecular complexity index is 728. The van der Waals surface area contributed by atoms with Crippen molar-refractivity contribution in [2.45, 2.75) is 38.1 Å². The fourth-order valence-electron chi connectivity index (χ4n) is 2.99. The average Bonchev–Trinajstić information content (AvgIpc) is 2.83. The van der Waals surface area contributed by atoms with Crippen molar-refractivity contribution in [2.24, 2.45) is 0 Å². The topological polar surface area (TPSA) is 113 Å². The number of carbonyl (C=O) groups is 3. The van der Waals surface area contributed by atoms with E-state index in [-0.39, 0.29) is 30.1 Å². The standard InChI is InChI=1S/C17H17NO7/c19-12-9-13-18(12)15(25-17(22)23)14(24-13)11(16(20)21)8-4-7-10-5-2-1-3-6-10/h1-3,5-6,13,15H,4,7-9H2,(H,20,21)(H,22,23)/t13-,15?/m1/s1. The summed E-state index contributed by atoms with van der Waals surface area (Å²) in [4.78, 5) is 35.3. The summed E-state index contributed by atoms with van der Waals surface area (Å²) in [6, 6.07) is 9.59. The molecule has 1 amide bonds. The Balaban J connectivity index is 1.77. The van der Waals surface area contributed by atoms with Crippen molar-refractivity contribution in [3.8, 4) is 0 Å². The number of hydrogen-bond acceptors (Lipinski definition) is 5. The molecule has 8 nitrogen and oxygen atoms in total. The molecular weight excluding hydrogens is 330 g/mol. The van der Waals surface area contributed by atoms with Crippen LogP contribution in [-0.4, -0.2) is 45.6 Å². The molecule has 0 bridgehead atoms. The largest absolute Gasteiger partial charge is 0.508 e. The summed E-state index contributed by atoms with van der Waals surface area (Å²) < 4.78 is 10.2. The van der Waals surface area contributed by atoms with E-state index >= 15 is 0 Å². The summed E-state index contributed by atoms with van der Waals surface area (Å²) >= 11 is 0. The number of carboxylic acids is 1. The van der Waals surface area contributed by atoms with Crippen LogP contribution in [0.3, 0.4) is 0 Å². The molecule has 8 heteroatoms. The summed E-state index contributed by atoms with van der Waals surface area (Å²) in [5.41, 5.74) is 1.01. The fourth-order valence-corrected chi connectivity index (χ4v) is 2.99. The highest BCUT2D eigenvalue weighted by Gasteiger charge is 2.54. The second-order valence-corrected chi connectivity index (χ2v) is 5.80. The molecule has 0 saturated carbocycles. The molecule has 0 spiro atoms. The maximum absolute atomic E-state index is 11.6. The minimum absolute atomic E-state index is 0.0654. The van der Waals surface area contributed by atoms with E-state index < -0.39 is 24.6 Å². The van der Waals surface area contributed by atoms with Crippen LogP contribution < -0.4 is 0 Å². The second-order valence-electron chi connectivity index (χ2n) is 5.80. The SMILES string of the molecule is O=C(O)OC1C(=C(CCCc2ccccc2)C(=O)O)O[C@@H]2CC(=O)N12. The lowest BCUT2D eigenvalue weighted by molar-refractivity contribution is -0.164. The molecule has 1 aromatic carbocycles. The average molecular weight is 347 g/mol. The van der Waals surface area contributed by atoms with Crippen molar-refractivity contribution in [3.05, 3.63) is 47.2 Å². The van der Waals surface area contributed by atoms with Gasteiger partial charge in [-0.25, -0.2) is 9.59 Å². The third-order valence-corrected chi connectivity index (χ3v) is 4.19. The van der Waals surface area contributed by atoms with E-state index in [1.165, 1.54) is 0 Å². The Labute approximate surface area is 143 Å². The van der Waals surface area contributed by atoms with Gasteiger partial charge in [0, 0.05) is 0 Å². The van der Waals surface area contributed by atoms with Gasteiger partial charge in [0.1, 0.15) is 0 Å². The fraction of sp³-hybridized carbons (Fsp3) is 0.353. The van der Waals surface area contributed by atoms with Gasteiger partial charge in [-0.05, 0) is 24.8 Å². The molecule has 25 heavy (non-hydrogen) atoms. The van der Waals surface area contributed by atoms with Crippen molar-refractivity contribution >= 4 is 18.0 Å². The Hall–Kier alpha value is -3.03. The van der Waals surface area contributed by atoms with Gasteiger partial charge < -0.3 is 19.7 Å². The summed E-state index contributed by atoms with van der Waals surface area (Å²) in [6.45, 7) is 0. The van der Waals surface area contributed by atoms with Gasteiger partial charge in [0.2, 0.25) is 12.1 Å². The number of rotatable bonds is 6. The number of β-lactam (4-membered cyclic amide) rings is 1. The number of aliphatic carboxylic acids is 1. The number of benzene rings is 1. The van der Waals surface area contributed by atoms with E-state index in [4.69, 9.17) is 14.6 Å². The van der Waals surface area contributed by atoms with Crippen LogP contribution in [0.25, 0.3) is 0 Å². The monoisotopic (exact) mass is 347 g/mol. The zero-order chi connectivity index (χ0) is 18.0. The molecule has 3 rings (SSSR count).